The molecule has 2 nitrogen and oxygen atoms in total. The highest BCUT2D eigenvalue weighted by Gasteiger charge is 2.25. The molecule has 1 rings (SSSR count). The first-order valence-corrected chi connectivity index (χ1v) is 5.49. The van der Waals surface area contributed by atoms with Gasteiger partial charge in [0.15, 0.2) is 0 Å². The first-order valence-electron chi connectivity index (χ1n) is 5.49. The Balaban J connectivity index is 2.19. The van der Waals surface area contributed by atoms with Crippen LogP contribution in [-0.2, 0) is 4.74 Å². The zero-order valence-electron chi connectivity index (χ0n) is 9.25. The van der Waals surface area contributed by atoms with Crippen molar-refractivity contribution in [3.05, 3.63) is 0 Å². The molecule has 3 heteroatoms. The molecular weight excluding hydrogens is 161 g/mol. The molecule has 0 bridgehead atoms. The maximum absolute atomic E-state index is 5.08. The number of rotatable bonds is 5. The summed E-state index contributed by atoms with van der Waals surface area (Å²) in [5, 5.41) is 0. The van der Waals surface area contributed by atoms with Gasteiger partial charge in [-0.15, -0.1) is 0 Å². The summed E-state index contributed by atoms with van der Waals surface area (Å²) in [6.07, 6.45) is 2.71. The van der Waals surface area contributed by atoms with Gasteiger partial charge in [0.05, 0.1) is 6.61 Å². The van der Waals surface area contributed by atoms with Gasteiger partial charge in [-0.2, -0.15) is 0 Å². The predicted octanol–water partition coefficient (Wildman–Crippen LogP) is 0.642. The number of likely N-dealkylation sites (tertiary alicyclic amines) is 1. The number of hydrogen-bond donors (Lipinski definition) is 0. The van der Waals surface area contributed by atoms with Gasteiger partial charge in [0.2, 0.25) is 0 Å². The molecule has 1 aliphatic heterocycles. The van der Waals surface area contributed by atoms with E-state index in [9.17, 15) is 0 Å². The highest BCUT2D eigenvalue weighted by atomic mass is 16.5. The average molecular weight is 183 g/mol. The predicted molar refractivity (Wildman–Crippen MR) is 58.9 cm³/mol. The van der Waals surface area contributed by atoms with Crippen molar-refractivity contribution in [3.8, 4) is 0 Å². The van der Waals surface area contributed by atoms with E-state index in [-0.39, 0.29) is 0 Å². The number of hydrogen-bond acceptors (Lipinski definition) is 2. The normalized spacial score (nSPS) is 26.5. The Hall–Kier alpha value is -0.0151. The van der Waals surface area contributed by atoms with Gasteiger partial charge in [-0.05, 0) is 24.8 Å². The van der Waals surface area contributed by atoms with Crippen molar-refractivity contribution in [1.29, 1.82) is 0 Å². The molecule has 13 heavy (non-hydrogen) atoms. The zero-order valence-corrected chi connectivity index (χ0v) is 9.25. The molecule has 0 aromatic rings. The molecule has 0 aliphatic carbocycles. The third-order valence-electron chi connectivity index (χ3n) is 3.37. The fraction of sp³-hybridized carbons (Fsp3) is 1.00. The van der Waals surface area contributed by atoms with E-state index in [4.69, 9.17) is 4.74 Å². The number of methoxy groups -OCH3 is 1. The van der Waals surface area contributed by atoms with Crippen LogP contribution in [0.2, 0.25) is 6.32 Å². The van der Waals surface area contributed by atoms with Crippen molar-refractivity contribution in [2.75, 3.05) is 33.4 Å². The van der Waals surface area contributed by atoms with E-state index in [2.05, 4.69) is 19.7 Å². The molecule has 1 heterocycles. The highest BCUT2D eigenvalue weighted by molar-refractivity contribution is 6.08. The first-order chi connectivity index (χ1) is 6.27. The van der Waals surface area contributed by atoms with Crippen molar-refractivity contribution in [2.45, 2.75) is 19.7 Å². The van der Waals surface area contributed by atoms with Crippen molar-refractivity contribution >= 4 is 7.85 Å². The summed E-state index contributed by atoms with van der Waals surface area (Å²) in [6, 6.07) is 0. The van der Waals surface area contributed by atoms with Crippen molar-refractivity contribution in [2.24, 2.45) is 11.8 Å². The molecule has 0 aromatic heterocycles. The Bertz CT molecular complexity index is 143. The van der Waals surface area contributed by atoms with Crippen LogP contribution in [0.25, 0.3) is 0 Å². The summed E-state index contributed by atoms with van der Waals surface area (Å²) >= 11 is 0. The second-order valence-electron chi connectivity index (χ2n) is 4.23. The Morgan fingerprint density at radius 2 is 2.38 bits per heavy atom. The topological polar surface area (TPSA) is 12.5 Å². The first kappa shape index (κ1) is 11.1. The minimum absolute atomic E-state index is 0.882. The lowest BCUT2D eigenvalue weighted by molar-refractivity contribution is 0.157. The number of nitrogens with zero attached hydrogens (tertiary/aromatic N) is 1. The molecule has 2 atom stereocenters. The van der Waals surface area contributed by atoms with Crippen molar-refractivity contribution < 1.29 is 4.74 Å². The van der Waals surface area contributed by atoms with Gasteiger partial charge in [-0.25, -0.2) is 0 Å². The maximum atomic E-state index is 5.08. The number of ether oxygens (including phenoxy) is 1. The molecule has 1 aliphatic rings. The molecule has 0 aromatic carbocycles. The summed E-state index contributed by atoms with van der Waals surface area (Å²) in [4.78, 5) is 2.53. The van der Waals surface area contributed by atoms with E-state index in [1.165, 1.54) is 25.8 Å². The molecule has 0 saturated carbocycles. The fourth-order valence-corrected chi connectivity index (χ4v) is 2.08. The molecule has 76 valence electrons. The lowest BCUT2D eigenvalue weighted by Crippen LogP contribution is -2.26. The molecule has 0 N–H and O–H groups in total. The standard InChI is InChI=1S/C10H22BNO/c1-9(7-11)10-3-4-12(8-10)5-6-13-2/h9-10H,3-8,11H2,1-2H3. The summed E-state index contributed by atoms with van der Waals surface area (Å²) in [5.41, 5.74) is 0. The summed E-state index contributed by atoms with van der Waals surface area (Å²) in [6.45, 7) is 6.94. The van der Waals surface area contributed by atoms with Crippen LogP contribution in [0, 0.1) is 11.8 Å². The Morgan fingerprint density at radius 3 is 3.00 bits per heavy atom. The molecule has 0 spiro atoms. The summed E-state index contributed by atoms with van der Waals surface area (Å²) < 4.78 is 5.08. The molecular formula is C10H22BNO. The molecule has 1 fully saturated rings. The molecule has 1 saturated heterocycles. The van der Waals surface area contributed by atoms with Gasteiger partial charge < -0.3 is 9.64 Å². The minimum Gasteiger partial charge on any atom is -0.383 e. The van der Waals surface area contributed by atoms with Crippen LogP contribution in [0.15, 0.2) is 0 Å². The zero-order chi connectivity index (χ0) is 9.68. The third-order valence-corrected chi connectivity index (χ3v) is 3.37. The van der Waals surface area contributed by atoms with E-state index < -0.39 is 0 Å². The summed E-state index contributed by atoms with van der Waals surface area (Å²) in [7, 11) is 4.07. The van der Waals surface area contributed by atoms with Gasteiger partial charge >= 0.3 is 0 Å². The molecule has 0 radical (unpaired) electrons. The Labute approximate surface area is 83.0 Å². The second-order valence-corrected chi connectivity index (χ2v) is 4.23. The van der Waals surface area contributed by atoms with Crippen molar-refractivity contribution in [1.82, 2.24) is 4.90 Å². The minimum atomic E-state index is 0.882. The lowest BCUT2D eigenvalue weighted by Gasteiger charge is -2.18. The van der Waals surface area contributed by atoms with E-state index in [1.807, 2.05) is 0 Å². The van der Waals surface area contributed by atoms with Crippen LogP contribution in [0.5, 0.6) is 0 Å². The third kappa shape index (κ3) is 3.32. The van der Waals surface area contributed by atoms with E-state index in [0.29, 0.717) is 0 Å². The quantitative estimate of drug-likeness (QED) is 0.580. The second kappa shape index (κ2) is 5.66. The average Bonchev–Trinajstić information content (AvgIpc) is 2.62. The van der Waals surface area contributed by atoms with Crippen molar-refractivity contribution in [3.63, 3.8) is 0 Å². The lowest BCUT2D eigenvalue weighted by atomic mass is 9.82. The van der Waals surface area contributed by atoms with Gasteiger partial charge in [0.1, 0.15) is 7.85 Å². The largest absolute Gasteiger partial charge is 0.383 e. The van der Waals surface area contributed by atoms with Crippen LogP contribution < -0.4 is 0 Å². The Kier molecular flexibility index (Phi) is 4.82. The van der Waals surface area contributed by atoms with E-state index in [0.717, 1.165) is 25.0 Å². The van der Waals surface area contributed by atoms with Gasteiger partial charge in [-0.3, -0.25) is 0 Å². The monoisotopic (exact) mass is 183 g/mol. The SMILES string of the molecule is BCC(C)C1CCN(CCOC)C1. The van der Waals surface area contributed by atoms with Crippen LogP contribution >= 0.6 is 0 Å². The Morgan fingerprint density at radius 1 is 1.62 bits per heavy atom. The molecule has 0 amide bonds. The highest BCUT2D eigenvalue weighted by Crippen LogP contribution is 2.25. The van der Waals surface area contributed by atoms with Gasteiger partial charge in [-0.1, -0.05) is 13.2 Å². The fourth-order valence-electron chi connectivity index (χ4n) is 2.08. The maximum Gasteiger partial charge on any atom is 0.101 e. The van der Waals surface area contributed by atoms with Gasteiger partial charge in [0.25, 0.3) is 0 Å². The van der Waals surface area contributed by atoms with Gasteiger partial charge in [0, 0.05) is 20.2 Å². The summed E-state index contributed by atoms with van der Waals surface area (Å²) in [5.74, 6) is 1.83. The van der Waals surface area contributed by atoms with Crippen LogP contribution in [0.4, 0.5) is 0 Å². The van der Waals surface area contributed by atoms with E-state index >= 15 is 0 Å². The van der Waals surface area contributed by atoms with Crippen LogP contribution in [0.1, 0.15) is 13.3 Å². The van der Waals surface area contributed by atoms with E-state index in [1.54, 1.807) is 7.11 Å². The molecule has 2 unspecified atom stereocenters. The smallest absolute Gasteiger partial charge is 0.101 e. The van der Waals surface area contributed by atoms with Crippen LogP contribution in [-0.4, -0.2) is 46.1 Å². The van der Waals surface area contributed by atoms with Crippen LogP contribution in [0.3, 0.4) is 0 Å².